The minimum absolute atomic E-state index is 0.0496. The van der Waals surface area contributed by atoms with Gasteiger partial charge >= 0.3 is 0 Å². The minimum Gasteiger partial charge on any atom is -0.507 e. The Kier molecular flexibility index (Phi) is 6.68. The van der Waals surface area contributed by atoms with Gasteiger partial charge in [-0.2, -0.15) is 0 Å². The molecule has 3 aromatic rings. The summed E-state index contributed by atoms with van der Waals surface area (Å²) in [5.41, 5.74) is 2.35. The van der Waals surface area contributed by atoms with Crippen molar-refractivity contribution in [2.24, 2.45) is 0 Å². The zero-order valence-electron chi connectivity index (χ0n) is 19.2. The van der Waals surface area contributed by atoms with Crippen LogP contribution in [0, 0.1) is 0 Å². The Labute approximate surface area is 198 Å². The second-order valence-electron chi connectivity index (χ2n) is 8.45. The van der Waals surface area contributed by atoms with Gasteiger partial charge in [0.25, 0.3) is 11.7 Å². The molecule has 174 valence electrons. The number of furan rings is 1. The number of rotatable bonds is 8. The van der Waals surface area contributed by atoms with Crippen LogP contribution in [0.1, 0.15) is 48.3 Å². The molecule has 1 aliphatic rings. The summed E-state index contributed by atoms with van der Waals surface area (Å²) in [5.74, 6) is -0.139. The molecule has 2 heterocycles. The molecule has 1 unspecified atom stereocenters. The van der Waals surface area contributed by atoms with Gasteiger partial charge in [0.15, 0.2) is 0 Å². The smallest absolute Gasteiger partial charge is 0.296 e. The van der Waals surface area contributed by atoms with Gasteiger partial charge in [-0.15, -0.1) is 0 Å². The van der Waals surface area contributed by atoms with Crippen LogP contribution in [-0.2, 0) is 16.1 Å². The molecule has 1 aliphatic heterocycles. The Morgan fingerprint density at radius 1 is 1.12 bits per heavy atom. The van der Waals surface area contributed by atoms with E-state index in [4.69, 9.17) is 9.15 Å². The summed E-state index contributed by atoms with van der Waals surface area (Å²) in [6.07, 6.45) is 3.16. The van der Waals surface area contributed by atoms with Crippen molar-refractivity contribution >= 4 is 17.4 Å². The van der Waals surface area contributed by atoms with Crippen LogP contribution < -0.4 is 4.74 Å². The van der Waals surface area contributed by atoms with E-state index in [0.717, 1.165) is 11.1 Å². The number of hydrogen-bond acceptors (Lipinski definition) is 5. The van der Waals surface area contributed by atoms with Crippen molar-refractivity contribution in [1.29, 1.82) is 0 Å². The highest BCUT2D eigenvalue weighted by Crippen LogP contribution is 2.40. The molecule has 4 rings (SSSR count). The van der Waals surface area contributed by atoms with Crippen molar-refractivity contribution in [3.63, 3.8) is 0 Å². The van der Waals surface area contributed by atoms with Crippen molar-refractivity contribution in [1.82, 2.24) is 4.90 Å². The average molecular weight is 458 g/mol. The highest BCUT2D eigenvalue weighted by molar-refractivity contribution is 6.46. The molecule has 0 spiro atoms. The lowest BCUT2D eigenvalue weighted by atomic mass is 9.93. The third-order valence-electron chi connectivity index (χ3n) is 5.86. The molecule has 1 saturated heterocycles. The summed E-state index contributed by atoms with van der Waals surface area (Å²) in [7, 11) is 0. The second-order valence-corrected chi connectivity index (χ2v) is 8.45. The predicted octanol–water partition coefficient (Wildman–Crippen LogP) is 5.59. The molecule has 0 radical (unpaired) electrons. The third-order valence-corrected chi connectivity index (χ3v) is 5.86. The van der Waals surface area contributed by atoms with Crippen molar-refractivity contribution in [2.45, 2.75) is 32.4 Å². The highest BCUT2D eigenvalue weighted by atomic mass is 16.5. The van der Waals surface area contributed by atoms with Crippen LogP contribution in [0.5, 0.6) is 5.75 Å². The first-order chi connectivity index (χ1) is 16.4. The Morgan fingerprint density at radius 2 is 1.82 bits per heavy atom. The maximum Gasteiger partial charge on any atom is 0.296 e. The maximum absolute atomic E-state index is 13.2. The first-order valence-corrected chi connectivity index (χ1v) is 11.2. The molecule has 1 amide bonds. The van der Waals surface area contributed by atoms with E-state index < -0.39 is 17.7 Å². The standard InChI is InChI=1S/C28H27NO5/c1-4-15-33-22-13-11-21(12-14-22)26(30)24-25(20-9-7-19(8-10-20)18(2)3)29(28(32)27(24)31)17-23-6-5-16-34-23/h4-14,16,18,25,30H,1,15,17H2,2-3H3/b26-24+. The number of hydrogen-bond donors (Lipinski definition) is 1. The molecule has 0 aliphatic carbocycles. The fraction of sp³-hybridized carbons (Fsp3) is 0.214. The third kappa shape index (κ3) is 4.53. The summed E-state index contributed by atoms with van der Waals surface area (Å²) >= 11 is 0. The largest absolute Gasteiger partial charge is 0.507 e. The van der Waals surface area contributed by atoms with E-state index in [1.165, 1.54) is 11.2 Å². The maximum atomic E-state index is 13.2. The van der Waals surface area contributed by atoms with Crippen molar-refractivity contribution in [2.75, 3.05) is 6.61 Å². The molecule has 1 atom stereocenters. The van der Waals surface area contributed by atoms with Crippen LogP contribution in [0.25, 0.3) is 5.76 Å². The van der Waals surface area contributed by atoms with Crippen LogP contribution in [0.3, 0.4) is 0 Å². The van der Waals surface area contributed by atoms with E-state index in [0.29, 0.717) is 29.6 Å². The number of benzene rings is 2. The average Bonchev–Trinajstić information content (AvgIpc) is 3.45. The van der Waals surface area contributed by atoms with Gasteiger partial charge in [0.2, 0.25) is 0 Å². The van der Waals surface area contributed by atoms with E-state index in [1.54, 1.807) is 42.5 Å². The number of carbonyl (C=O) groups excluding carboxylic acids is 2. The monoisotopic (exact) mass is 457 g/mol. The fourth-order valence-corrected chi connectivity index (χ4v) is 4.04. The van der Waals surface area contributed by atoms with Crippen LogP contribution in [-0.4, -0.2) is 28.3 Å². The number of aliphatic hydroxyl groups excluding tert-OH is 1. The first-order valence-electron chi connectivity index (χ1n) is 11.2. The molecule has 2 aromatic carbocycles. The number of aliphatic hydroxyl groups is 1. The number of ketones is 1. The van der Waals surface area contributed by atoms with Gasteiger partial charge in [0.05, 0.1) is 24.4 Å². The predicted molar refractivity (Wildman–Crippen MR) is 129 cm³/mol. The van der Waals surface area contributed by atoms with Crippen molar-refractivity contribution in [3.8, 4) is 5.75 Å². The van der Waals surface area contributed by atoms with E-state index in [9.17, 15) is 14.7 Å². The molecule has 34 heavy (non-hydrogen) atoms. The molecule has 1 aromatic heterocycles. The summed E-state index contributed by atoms with van der Waals surface area (Å²) < 4.78 is 10.9. The van der Waals surface area contributed by atoms with E-state index in [1.807, 2.05) is 24.3 Å². The van der Waals surface area contributed by atoms with Gasteiger partial charge in [0.1, 0.15) is 23.9 Å². The number of amides is 1. The first kappa shape index (κ1) is 23.1. The van der Waals surface area contributed by atoms with Gasteiger partial charge < -0.3 is 19.2 Å². The van der Waals surface area contributed by atoms with Gasteiger partial charge in [-0.1, -0.05) is 50.8 Å². The molecule has 1 N–H and O–H groups in total. The van der Waals surface area contributed by atoms with Gasteiger partial charge in [0, 0.05) is 5.56 Å². The minimum atomic E-state index is -0.747. The summed E-state index contributed by atoms with van der Waals surface area (Å²) in [6.45, 7) is 8.28. The van der Waals surface area contributed by atoms with Gasteiger partial charge in [-0.25, -0.2) is 0 Å². The Morgan fingerprint density at radius 3 is 2.41 bits per heavy atom. The molecule has 0 bridgehead atoms. The van der Waals surface area contributed by atoms with Crippen LogP contribution in [0.15, 0.2) is 89.6 Å². The van der Waals surface area contributed by atoms with Crippen LogP contribution >= 0.6 is 0 Å². The van der Waals surface area contributed by atoms with E-state index in [2.05, 4.69) is 20.4 Å². The summed E-state index contributed by atoms with van der Waals surface area (Å²) in [5, 5.41) is 11.2. The summed E-state index contributed by atoms with van der Waals surface area (Å²) in [6, 6.07) is 17.2. The van der Waals surface area contributed by atoms with E-state index in [-0.39, 0.29) is 17.9 Å². The molecular weight excluding hydrogens is 430 g/mol. The zero-order chi connectivity index (χ0) is 24.2. The topological polar surface area (TPSA) is 80.0 Å². The fourth-order valence-electron chi connectivity index (χ4n) is 4.04. The second kappa shape index (κ2) is 9.83. The molecular formula is C28H27NO5. The Hall–Kier alpha value is -4.06. The SMILES string of the molecule is C=CCOc1ccc(/C(O)=C2\C(=O)C(=O)N(Cc3ccco3)C2c2ccc(C(C)C)cc2)cc1. The van der Waals surface area contributed by atoms with Crippen LogP contribution in [0.2, 0.25) is 0 Å². The summed E-state index contributed by atoms with van der Waals surface area (Å²) in [4.78, 5) is 27.7. The molecule has 1 fully saturated rings. The van der Waals surface area contributed by atoms with Crippen LogP contribution in [0.4, 0.5) is 0 Å². The van der Waals surface area contributed by atoms with Crippen molar-refractivity contribution < 1.29 is 23.8 Å². The number of carbonyl (C=O) groups is 2. The molecule has 6 nitrogen and oxygen atoms in total. The molecule has 0 saturated carbocycles. The number of ether oxygens (including phenoxy) is 1. The number of Topliss-reactive ketones (excluding diaryl/α,β-unsaturated/α-hetero) is 1. The molecule has 6 heteroatoms. The Balaban J connectivity index is 1.78. The number of nitrogens with zero attached hydrogens (tertiary/aromatic N) is 1. The lowest BCUT2D eigenvalue weighted by molar-refractivity contribution is -0.140. The Bertz CT molecular complexity index is 1200. The highest BCUT2D eigenvalue weighted by Gasteiger charge is 2.46. The lowest BCUT2D eigenvalue weighted by Crippen LogP contribution is -2.29. The quantitative estimate of drug-likeness (QED) is 0.206. The zero-order valence-corrected chi connectivity index (χ0v) is 19.2. The van der Waals surface area contributed by atoms with E-state index >= 15 is 0 Å². The normalized spacial score (nSPS) is 17.4. The van der Waals surface area contributed by atoms with Gasteiger partial charge in [-0.3, -0.25) is 9.59 Å². The lowest BCUT2D eigenvalue weighted by Gasteiger charge is -2.25. The van der Waals surface area contributed by atoms with Gasteiger partial charge in [-0.05, 0) is 53.4 Å². The van der Waals surface area contributed by atoms with Crippen molar-refractivity contribution in [3.05, 3.63) is 108 Å². The number of likely N-dealkylation sites (tertiary alicyclic amines) is 1.